The van der Waals surface area contributed by atoms with E-state index in [-0.39, 0.29) is 0 Å². The number of methoxy groups -OCH3 is 1. The molecule has 0 radical (unpaired) electrons. The Kier molecular flexibility index (Phi) is 7.13. The zero-order valence-corrected chi connectivity index (χ0v) is 13.5. The summed E-state index contributed by atoms with van der Waals surface area (Å²) in [7, 11) is 1.85. The molecule has 0 aliphatic heterocycles. The molecule has 0 saturated heterocycles. The van der Waals surface area contributed by atoms with Crippen molar-refractivity contribution in [3.05, 3.63) is 12.7 Å². The van der Waals surface area contributed by atoms with Gasteiger partial charge in [-0.3, -0.25) is 0 Å². The van der Waals surface area contributed by atoms with Gasteiger partial charge in [0, 0.05) is 13.7 Å². The Hall–Kier alpha value is -0.300. The third-order valence-electron chi connectivity index (χ3n) is 5.87. The molecule has 0 amide bonds. The minimum atomic E-state index is 0.853. The molecule has 2 saturated carbocycles. The third-order valence-corrected chi connectivity index (χ3v) is 5.87. The van der Waals surface area contributed by atoms with E-state index in [1.807, 2.05) is 7.11 Å². The van der Waals surface area contributed by atoms with Crippen LogP contribution in [0.4, 0.5) is 0 Å². The first kappa shape index (κ1) is 16.1. The summed E-state index contributed by atoms with van der Waals surface area (Å²) in [5.74, 6) is 3.97. The van der Waals surface area contributed by atoms with Crippen LogP contribution in [-0.4, -0.2) is 13.7 Å². The fraction of sp³-hybridized carbons (Fsp3) is 0.895. The lowest BCUT2D eigenvalue weighted by molar-refractivity contribution is 0.0926. The minimum absolute atomic E-state index is 0.853. The standard InChI is InChI=1S/C19H34O/c1-3-4-5-6-16-7-11-18(12-8-16)19-13-9-17(10-14-19)15-20-2/h3,16-19H,1,4-15H2,2H3/t16-,17-,18-,19-. The van der Waals surface area contributed by atoms with Crippen LogP contribution in [-0.2, 0) is 4.74 Å². The average molecular weight is 278 g/mol. The Morgan fingerprint density at radius 1 is 0.900 bits per heavy atom. The number of hydrogen-bond donors (Lipinski definition) is 0. The van der Waals surface area contributed by atoms with Gasteiger partial charge in [0.25, 0.3) is 0 Å². The molecule has 0 atom stereocenters. The molecule has 0 unspecified atom stereocenters. The van der Waals surface area contributed by atoms with Gasteiger partial charge < -0.3 is 4.74 Å². The molecule has 1 nitrogen and oxygen atoms in total. The minimum Gasteiger partial charge on any atom is -0.384 e. The topological polar surface area (TPSA) is 9.23 Å². The smallest absolute Gasteiger partial charge is 0.0490 e. The summed E-state index contributed by atoms with van der Waals surface area (Å²) < 4.78 is 5.32. The molecular weight excluding hydrogens is 244 g/mol. The van der Waals surface area contributed by atoms with Crippen molar-refractivity contribution in [3.8, 4) is 0 Å². The lowest BCUT2D eigenvalue weighted by Crippen LogP contribution is -2.27. The van der Waals surface area contributed by atoms with E-state index < -0.39 is 0 Å². The molecule has 0 aromatic rings. The van der Waals surface area contributed by atoms with Crippen LogP contribution in [0.3, 0.4) is 0 Å². The second kappa shape index (κ2) is 8.87. The Morgan fingerprint density at radius 2 is 1.45 bits per heavy atom. The molecule has 2 aliphatic carbocycles. The van der Waals surface area contributed by atoms with Gasteiger partial charge in [0.15, 0.2) is 0 Å². The van der Waals surface area contributed by atoms with Gasteiger partial charge in [-0.25, -0.2) is 0 Å². The van der Waals surface area contributed by atoms with Crippen molar-refractivity contribution in [1.82, 2.24) is 0 Å². The van der Waals surface area contributed by atoms with Crippen LogP contribution < -0.4 is 0 Å². The molecule has 0 aromatic heterocycles. The summed E-state index contributed by atoms with van der Waals surface area (Å²) in [5, 5.41) is 0. The Bertz CT molecular complexity index is 257. The Morgan fingerprint density at radius 3 is 1.95 bits per heavy atom. The van der Waals surface area contributed by atoms with Gasteiger partial charge in [-0.2, -0.15) is 0 Å². The van der Waals surface area contributed by atoms with Gasteiger partial charge >= 0.3 is 0 Å². The molecule has 0 N–H and O–H groups in total. The highest BCUT2D eigenvalue weighted by atomic mass is 16.5. The third kappa shape index (κ3) is 4.91. The summed E-state index contributed by atoms with van der Waals surface area (Å²) in [6, 6.07) is 0. The van der Waals surface area contributed by atoms with E-state index in [1.54, 1.807) is 0 Å². The van der Waals surface area contributed by atoms with Crippen LogP contribution in [0.2, 0.25) is 0 Å². The molecule has 2 rings (SSSR count). The quantitative estimate of drug-likeness (QED) is 0.435. The summed E-state index contributed by atoms with van der Waals surface area (Å²) in [6.45, 7) is 4.82. The summed E-state index contributed by atoms with van der Waals surface area (Å²) in [6.07, 6.45) is 17.9. The number of ether oxygens (including phenoxy) is 1. The van der Waals surface area contributed by atoms with Gasteiger partial charge in [-0.05, 0) is 75.0 Å². The zero-order valence-electron chi connectivity index (χ0n) is 13.5. The van der Waals surface area contributed by atoms with Crippen molar-refractivity contribution < 1.29 is 4.74 Å². The van der Waals surface area contributed by atoms with Crippen LogP contribution in [0.15, 0.2) is 12.7 Å². The normalized spacial score (nSPS) is 34.9. The molecule has 2 fully saturated rings. The number of unbranched alkanes of at least 4 members (excludes halogenated alkanes) is 1. The largest absolute Gasteiger partial charge is 0.384 e. The fourth-order valence-electron chi connectivity index (χ4n) is 4.56. The van der Waals surface area contributed by atoms with Crippen LogP contribution >= 0.6 is 0 Å². The van der Waals surface area contributed by atoms with Gasteiger partial charge in [0.1, 0.15) is 0 Å². The van der Waals surface area contributed by atoms with Crippen LogP contribution in [0, 0.1) is 23.7 Å². The highest BCUT2D eigenvalue weighted by Crippen LogP contribution is 2.42. The van der Waals surface area contributed by atoms with Crippen LogP contribution in [0.1, 0.15) is 70.6 Å². The van der Waals surface area contributed by atoms with Crippen molar-refractivity contribution >= 4 is 0 Å². The van der Waals surface area contributed by atoms with E-state index in [2.05, 4.69) is 12.7 Å². The van der Waals surface area contributed by atoms with E-state index in [1.165, 1.54) is 70.6 Å². The molecule has 0 spiro atoms. The first-order chi connectivity index (χ1) is 9.83. The molecule has 1 heteroatoms. The monoisotopic (exact) mass is 278 g/mol. The number of rotatable bonds is 7. The molecular formula is C19H34O. The predicted octanol–water partition coefficient (Wildman–Crippen LogP) is 5.60. The maximum Gasteiger partial charge on any atom is 0.0490 e. The molecule has 20 heavy (non-hydrogen) atoms. The maximum absolute atomic E-state index is 5.32. The maximum atomic E-state index is 5.32. The van der Waals surface area contributed by atoms with Gasteiger partial charge in [0.05, 0.1) is 0 Å². The fourth-order valence-corrected chi connectivity index (χ4v) is 4.56. The van der Waals surface area contributed by atoms with Gasteiger partial charge in [-0.1, -0.05) is 25.3 Å². The summed E-state index contributed by atoms with van der Waals surface area (Å²) in [5.41, 5.74) is 0. The first-order valence-corrected chi connectivity index (χ1v) is 8.93. The second-order valence-corrected chi connectivity index (χ2v) is 7.24. The lowest BCUT2D eigenvalue weighted by atomic mass is 9.69. The zero-order chi connectivity index (χ0) is 14.2. The van der Waals surface area contributed by atoms with Crippen molar-refractivity contribution in [3.63, 3.8) is 0 Å². The van der Waals surface area contributed by atoms with Crippen molar-refractivity contribution in [2.75, 3.05) is 13.7 Å². The van der Waals surface area contributed by atoms with Crippen LogP contribution in [0.5, 0.6) is 0 Å². The van der Waals surface area contributed by atoms with Crippen LogP contribution in [0.25, 0.3) is 0 Å². The lowest BCUT2D eigenvalue weighted by Gasteiger charge is -2.37. The van der Waals surface area contributed by atoms with E-state index in [0.717, 1.165) is 30.3 Å². The molecule has 0 heterocycles. The predicted molar refractivity (Wildman–Crippen MR) is 86.8 cm³/mol. The van der Waals surface area contributed by atoms with E-state index in [4.69, 9.17) is 4.74 Å². The highest BCUT2D eigenvalue weighted by Gasteiger charge is 2.30. The first-order valence-electron chi connectivity index (χ1n) is 8.93. The van der Waals surface area contributed by atoms with E-state index in [9.17, 15) is 0 Å². The molecule has 2 aliphatic rings. The Labute approximate surface area is 126 Å². The van der Waals surface area contributed by atoms with Gasteiger partial charge in [0.2, 0.25) is 0 Å². The molecule has 0 bridgehead atoms. The Balaban J connectivity index is 1.63. The van der Waals surface area contributed by atoms with E-state index >= 15 is 0 Å². The van der Waals surface area contributed by atoms with Crippen molar-refractivity contribution in [1.29, 1.82) is 0 Å². The van der Waals surface area contributed by atoms with E-state index in [0.29, 0.717) is 0 Å². The van der Waals surface area contributed by atoms with Crippen molar-refractivity contribution in [2.45, 2.75) is 70.6 Å². The second-order valence-electron chi connectivity index (χ2n) is 7.24. The number of allylic oxidation sites excluding steroid dienone is 1. The average Bonchev–Trinajstić information content (AvgIpc) is 2.49. The molecule has 116 valence electrons. The highest BCUT2D eigenvalue weighted by molar-refractivity contribution is 4.82. The molecule has 0 aromatic carbocycles. The van der Waals surface area contributed by atoms with Crippen molar-refractivity contribution in [2.24, 2.45) is 23.7 Å². The summed E-state index contributed by atoms with van der Waals surface area (Å²) >= 11 is 0. The summed E-state index contributed by atoms with van der Waals surface area (Å²) in [4.78, 5) is 0. The van der Waals surface area contributed by atoms with Gasteiger partial charge in [-0.15, -0.1) is 6.58 Å². The number of hydrogen-bond acceptors (Lipinski definition) is 1. The SMILES string of the molecule is C=CCCC[C@H]1CC[C@H]([C@H]2CC[C@H](COC)CC2)CC1.